The van der Waals surface area contributed by atoms with Crippen molar-refractivity contribution in [3.63, 3.8) is 0 Å². The number of hydrogen-bond donors (Lipinski definition) is 3. The minimum Gasteiger partial charge on any atom is -0.357 e. The lowest BCUT2D eigenvalue weighted by Crippen LogP contribution is -2.27. The number of benzene rings is 2. The normalized spacial score (nSPS) is 13.0. The van der Waals surface area contributed by atoms with E-state index in [4.69, 9.17) is 17.0 Å². The van der Waals surface area contributed by atoms with Crippen molar-refractivity contribution < 1.29 is 9.59 Å². The van der Waals surface area contributed by atoms with Gasteiger partial charge in [-0.3, -0.25) is 15.0 Å². The van der Waals surface area contributed by atoms with Gasteiger partial charge in [-0.25, -0.2) is 4.98 Å². The Kier molecular flexibility index (Phi) is 7.05. The quantitative estimate of drug-likeness (QED) is 0.305. The lowest BCUT2D eigenvalue weighted by atomic mass is 10.1. The van der Waals surface area contributed by atoms with Crippen LogP contribution in [0.1, 0.15) is 39.1 Å². The van der Waals surface area contributed by atoms with Gasteiger partial charge in [-0.05, 0) is 55.3 Å². The molecular formula is C24H21BrClN5O2. The Morgan fingerprint density at radius 3 is 2.30 bits per heavy atom. The van der Waals surface area contributed by atoms with Crippen molar-refractivity contribution in [2.75, 3.05) is 23.7 Å². The highest BCUT2D eigenvalue weighted by molar-refractivity contribution is 9.10. The van der Waals surface area contributed by atoms with Crippen molar-refractivity contribution in [3.05, 3.63) is 87.0 Å². The molecule has 4 rings (SSSR count). The first kappa shape index (κ1) is 22.9. The number of pyridine rings is 1. The molecule has 33 heavy (non-hydrogen) atoms. The molecule has 3 N–H and O–H groups in total. The van der Waals surface area contributed by atoms with Crippen LogP contribution in [0.4, 0.5) is 11.5 Å². The van der Waals surface area contributed by atoms with Crippen LogP contribution in [0.5, 0.6) is 0 Å². The number of anilines is 2. The van der Waals surface area contributed by atoms with Crippen LogP contribution in [0.2, 0.25) is 5.02 Å². The van der Waals surface area contributed by atoms with Gasteiger partial charge in [0.25, 0.3) is 11.8 Å². The van der Waals surface area contributed by atoms with E-state index in [1.807, 2.05) is 4.90 Å². The van der Waals surface area contributed by atoms with Gasteiger partial charge in [-0.15, -0.1) is 0 Å². The molecular weight excluding hydrogens is 506 g/mol. The van der Waals surface area contributed by atoms with Gasteiger partial charge in [-0.2, -0.15) is 0 Å². The van der Waals surface area contributed by atoms with E-state index in [0.717, 1.165) is 31.5 Å². The van der Waals surface area contributed by atoms with Gasteiger partial charge in [0.05, 0.1) is 16.3 Å². The third kappa shape index (κ3) is 5.58. The summed E-state index contributed by atoms with van der Waals surface area (Å²) < 4.78 is 0.694. The highest BCUT2D eigenvalue weighted by Crippen LogP contribution is 2.23. The predicted molar refractivity (Wildman–Crippen MR) is 133 cm³/mol. The number of carbonyl (C=O) groups is 2. The second-order valence-electron chi connectivity index (χ2n) is 7.58. The first-order valence-electron chi connectivity index (χ1n) is 10.4. The summed E-state index contributed by atoms with van der Waals surface area (Å²) in [5, 5.41) is 14.3. The molecule has 0 saturated carbocycles. The monoisotopic (exact) mass is 525 g/mol. The summed E-state index contributed by atoms with van der Waals surface area (Å²) in [6.45, 7) is 1.78. The van der Waals surface area contributed by atoms with Gasteiger partial charge in [0, 0.05) is 34.9 Å². The van der Waals surface area contributed by atoms with Crippen molar-refractivity contribution >= 4 is 56.7 Å². The molecule has 3 aromatic rings. The molecule has 0 radical (unpaired) electrons. The van der Waals surface area contributed by atoms with E-state index in [2.05, 4.69) is 31.5 Å². The van der Waals surface area contributed by atoms with Gasteiger partial charge in [0.2, 0.25) is 0 Å². The van der Waals surface area contributed by atoms with E-state index in [9.17, 15) is 9.59 Å². The summed E-state index contributed by atoms with van der Waals surface area (Å²) in [6, 6.07) is 15.2. The molecule has 1 aliphatic rings. The maximum atomic E-state index is 12.9. The molecule has 1 aliphatic heterocycles. The topological polar surface area (TPSA) is 98.2 Å². The molecule has 9 heteroatoms. The van der Waals surface area contributed by atoms with Crippen LogP contribution >= 0.6 is 27.5 Å². The lowest BCUT2D eigenvalue weighted by molar-refractivity contribution is 0.102. The van der Waals surface area contributed by atoms with Crippen LogP contribution in [0.25, 0.3) is 0 Å². The third-order valence-electron chi connectivity index (χ3n) is 5.29. The largest absolute Gasteiger partial charge is 0.357 e. The van der Waals surface area contributed by atoms with E-state index in [1.165, 1.54) is 6.20 Å². The highest BCUT2D eigenvalue weighted by atomic mass is 79.9. The molecule has 2 aromatic carbocycles. The second kappa shape index (κ2) is 10.1. The van der Waals surface area contributed by atoms with E-state index >= 15 is 0 Å². The summed E-state index contributed by atoms with van der Waals surface area (Å²) >= 11 is 9.21. The Balaban J connectivity index is 1.49. The third-order valence-corrected chi connectivity index (χ3v) is 6.00. The van der Waals surface area contributed by atoms with Crippen molar-refractivity contribution in [1.82, 2.24) is 9.88 Å². The molecule has 1 aromatic heterocycles. The number of amidine groups is 1. The summed E-state index contributed by atoms with van der Waals surface area (Å²) in [6.07, 6.45) is 3.63. The van der Waals surface area contributed by atoms with Crippen molar-refractivity contribution in [2.24, 2.45) is 0 Å². The molecule has 0 unspecified atom stereocenters. The van der Waals surface area contributed by atoms with Crippen LogP contribution in [-0.2, 0) is 0 Å². The predicted octanol–water partition coefficient (Wildman–Crippen LogP) is 5.42. The molecule has 2 amide bonds. The minimum atomic E-state index is -0.421. The standard InChI is InChI=1S/C24H21BrClN5O2/c25-17-7-9-20(19(13-17)24(33)30-21-10-8-18(26)14-28-21)29-23(32)16-5-3-15(4-6-16)22(27)31-11-1-2-12-31/h3-10,13-14,27H,1-2,11-12H2,(H,29,32)(H,28,30,33). The van der Waals surface area contributed by atoms with Gasteiger partial charge in [0.1, 0.15) is 11.7 Å². The number of likely N-dealkylation sites (tertiary alicyclic amines) is 1. The fraction of sp³-hybridized carbons (Fsp3) is 0.167. The number of amides is 2. The molecule has 1 saturated heterocycles. The highest BCUT2D eigenvalue weighted by Gasteiger charge is 2.18. The van der Waals surface area contributed by atoms with Gasteiger partial charge in [0.15, 0.2) is 0 Å². The molecule has 0 spiro atoms. The van der Waals surface area contributed by atoms with Crippen LogP contribution < -0.4 is 10.6 Å². The Labute approximate surface area is 204 Å². The van der Waals surface area contributed by atoms with Crippen molar-refractivity contribution in [2.45, 2.75) is 12.8 Å². The molecule has 168 valence electrons. The number of aromatic nitrogens is 1. The number of nitrogens with one attached hydrogen (secondary N) is 3. The number of hydrogen-bond acceptors (Lipinski definition) is 4. The van der Waals surface area contributed by atoms with E-state index in [-0.39, 0.29) is 11.5 Å². The molecule has 2 heterocycles. The van der Waals surface area contributed by atoms with Crippen LogP contribution in [0.3, 0.4) is 0 Å². The molecule has 0 bridgehead atoms. The first-order valence-corrected chi connectivity index (χ1v) is 11.6. The van der Waals surface area contributed by atoms with Gasteiger partial charge < -0.3 is 15.5 Å². The molecule has 1 fully saturated rings. The minimum absolute atomic E-state index is 0.280. The number of halogens is 2. The van der Waals surface area contributed by atoms with Crippen molar-refractivity contribution in [1.29, 1.82) is 5.41 Å². The molecule has 0 aliphatic carbocycles. The van der Waals surface area contributed by atoms with Crippen LogP contribution in [0, 0.1) is 5.41 Å². The Bertz CT molecular complexity index is 1190. The Morgan fingerprint density at radius 1 is 0.939 bits per heavy atom. The van der Waals surface area contributed by atoms with Crippen molar-refractivity contribution in [3.8, 4) is 0 Å². The zero-order chi connectivity index (χ0) is 23.4. The second-order valence-corrected chi connectivity index (χ2v) is 8.93. The SMILES string of the molecule is N=C(c1ccc(C(=O)Nc2ccc(Br)cc2C(=O)Nc2ccc(Cl)cn2)cc1)N1CCCC1. The number of carbonyl (C=O) groups excluding carboxylic acids is 2. The van der Waals surface area contributed by atoms with Gasteiger partial charge in [-0.1, -0.05) is 39.7 Å². The van der Waals surface area contributed by atoms with Crippen LogP contribution in [-0.4, -0.2) is 40.6 Å². The number of nitrogens with zero attached hydrogens (tertiary/aromatic N) is 2. The first-order chi connectivity index (χ1) is 15.9. The maximum absolute atomic E-state index is 12.9. The maximum Gasteiger partial charge on any atom is 0.258 e. The fourth-order valence-electron chi connectivity index (χ4n) is 3.54. The van der Waals surface area contributed by atoms with Crippen LogP contribution in [0.15, 0.2) is 65.3 Å². The van der Waals surface area contributed by atoms with E-state index in [1.54, 1.807) is 54.6 Å². The zero-order valence-electron chi connectivity index (χ0n) is 17.6. The summed E-state index contributed by atoms with van der Waals surface area (Å²) in [7, 11) is 0. The van der Waals surface area contributed by atoms with Gasteiger partial charge >= 0.3 is 0 Å². The zero-order valence-corrected chi connectivity index (χ0v) is 19.9. The average molecular weight is 527 g/mol. The molecule has 0 atom stereocenters. The Hall–Kier alpha value is -3.23. The summed E-state index contributed by atoms with van der Waals surface area (Å²) in [4.78, 5) is 31.8. The average Bonchev–Trinajstić information content (AvgIpc) is 3.36. The van der Waals surface area contributed by atoms with E-state index < -0.39 is 5.91 Å². The number of rotatable bonds is 5. The Morgan fingerprint density at radius 2 is 1.64 bits per heavy atom. The van der Waals surface area contributed by atoms with E-state index in [0.29, 0.717) is 32.4 Å². The molecule has 7 nitrogen and oxygen atoms in total. The smallest absolute Gasteiger partial charge is 0.258 e. The fourth-order valence-corrected chi connectivity index (χ4v) is 4.02. The summed E-state index contributed by atoms with van der Waals surface area (Å²) in [5.41, 5.74) is 1.85. The lowest BCUT2D eigenvalue weighted by Gasteiger charge is -2.18. The summed E-state index contributed by atoms with van der Waals surface area (Å²) in [5.74, 6) is 0.0471.